The van der Waals surface area contributed by atoms with E-state index in [2.05, 4.69) is 60.0 Å². The highest BCUT2D eigenvalue weighted by molar-refractivity contribution is 5.57. The van der Waals surface area contributed by atoms with Crippen molar-refractivity contribution in [2.45, 2.75) is 20.4 Å². The molecule has 0 aliphatic rings. The Morgan fingerprint density at radius 2 is 1.82 bits per heavy atom. The van der Waals surface area contributed by atoms with Gasteiger partial charge in [-0.2, -0.15) is 0 Å². The van der Waals surface area contributed by atoms with Crippen LogP contribution in [0.3, 0.4) is 0 Å². The molecule has 1 aromatic heterocycles. The molecule has 0 fully saturated rings. The predicted molar refractivity (Wildman–Crippen MR) is 70.9 cm³/mol. The minimum Gasteiger partial charge on any atom is -0.330 e. The topological polar surface area (TPSA) is 29.9 Å². The number of aromatic nitrogens is 2. The molecular formula is C14H19N3. The van der Waals surface area contributed by atoms with E-state index < -0.39 is 0 Å². The number of nitrogens with one attached hydrogen (secondary N) is 1. The van der Waals surface area contributed by atoms with Gasteiger partial charge < -0.3 is 9.88 Å². The minimum absolute atomic E-state index is 0.848. The van der Waals surface area contributed by atoms with E-state index in [1.807, 2.05) is 7.05 Å². The first-order valence-electron chi connectivity index (χ1n) is 5.87. The molecule has 2 rings (SSSR count). The fraction of sp³-hybridized carbons (Fsp3) is 0.357. The van der Waals surface area contributed by atoms with Crippen LogP contribution in [0, 0.1) is 13.8 Å². The lowest BCUT2D eigenvalue weighted by atomic mass is 10.1. The maximum absolute atomic E-state index is 4.65. The molecule has 0 spiro atoms. The lowest BCUT2D eigenvalue weighted by Crippen LogP contribution is -2.10. The molecule has 0 saturated carbocycles. The van der Waals surface area contributed by atoms with Gasteiger partial charge in [0.15, 0.2) is 0 Å². The van der Waals surface area contributed by atoms with E-state index in [4.69, 9.17) is 0 Å². The number of imidazole rings is 1. The summed E-state index contributed by atoms with van der Waals surface area (Å²) in [6, 6.07) is 8.49. The minimum atomic E-state index is 0.848. The number of nitrogens with zero attached hydrogens (tertiary/aromatic N) is 2. The summed E-state index contributed by atoms with van der Waals surface area (Å²) in [5.74, 6) is 1.03. The van der Waals surface area contributed by atoms with Crippen LogP contribution in [-0.2, 0) is 13.6 Å². The zero-order chi connectivity index (χ0) is 12.4. The molecule has 0 amide bonds. The van der Waals surface area contributed by atoms with E-state index in [9.17, 15) is 0 Å². The van der Waals surface area contributed by atoms with Crippen LogP contribution in [0.4, 0.5) is 0 Å². The molecule has 0 saturated heterocycles. The lowest BCUT2D eigenvalue weighted by molar-refractivity contribution is 0.732. The van der Waals surface area contributed by atoms with E-state index in [-0.39, 0.29) is 0 Å². The third-order valence-electron chi connectivity index (χ3n) is 3.07. The standard InChI is InChI=1S/C14H19N3/c1-10-5-7-12(8-6-10)14-16-11(2)13(9-15-3)17(14)4/h5-8,15H,9H2,1-4H3. The molecule has 0 aliphatic heterocycles. The molecule has 1 aromatic carbocycles. The van der Waals surface area contributed by atoms with Crippen molar-refractivity contribution in [3.8, 4) is 11.4 Å². The Hall–Kier alpha value is -1.61. The summed E-state index contributed by atoms with van der Waals surface area (Å²) in [5.41, 5.74) is 4.78. The van der Waals surface area contributed by atoms with Crippen LogP contribution in [0.15, 0.2) is 24.3 Å². The number of hydrogen-bond donors (Lipinski definition) is 1. The Morgan fingerprint density at radius 1 is 1.18 bits per heavy atom. The second-order valence-electron chi connectivity index (χ2n) is 4.42. The van der Waals surface area contributed by atoms with Gasteiger partial charge in [0.05, 0.1) is 11.4 Å². The zero-order valence-corrected chi connectivity index (χ0v) is 10.9. The number of hydrogen-bond acceptors (Lipinski definition) is 2. The van der Waals surface area contributed by atoms with Gasteiger partial charge in [0.1, 0.15) is 5.82 Å². The Kier molecular flexibility index (Phi) is 3.29. The summed E-state index contributed by atoms with van der Waals surface area (Å²) in [4.78, 5) is 4.65. The molecule has 3 heteroatoms. The van der Waals surface area contributed by atoms with E-state index in [1.54, 1.807) is 0 Å². The van der Waals surface area contributed by atoms with E-state index in [0.29, 0.717) is 0 Å². The smallest absolute Gasteiger partial charge is 0.140 e. The summed E-state index contributed by atoms with van der Waals surface area (Å²) in [7, 11) is 4.03. The molecule has 17 heavy (non-hydrogen) atoms. The van der Waals surface area contributed by atoms with Crippen molar-refractivity contribution in [1.29, 1.82) is 0 Å². The van der Waals surface area contributed by atoms with Gasteiger partial charge in [-0.25, -0.2) is 4.98 Å². The van der Waals surface area contributed by atoms with Gasteiger partial charge in [0.25, 0.3) is 0 Å². The van der Waals surface area contributed by atoms with Gasteiger partial charge in [-0.1, -0.05) is 29.8 Å². The molecule has 1 N–H and O–H groups in total. The maximum atomic E-state index is 4.65. The second-order valence-corrected chi connectivity index (χ2v) is 4.42. The summed E-state index contributed by atoms with van der Waals surface area (Å²) in [6.07, 6.45) is 0. The van der Waals surface area contributed by atoms with Crippen molar-refractivity contribution in [1.82, 2.24) is 14.9 Å². The third kappa shape index (κ3) is 2.24. The molecule has 90 valence electrons. The van der Waals surface area contributed by atoms with Gasteiger partial charge in [-0.05, 0) is 20.9 Å². The Balaban J connectivity index is 2.46. The number of aryl methyl sites for hydroxylation is 2. The summed E-state index contributed by atoms with van der Waals surface area (Å²) in [6.45, 7) is 5.01. The van der Waals surface area contributed by atoms with Crippen molar-refractivity contribution in [2.75, 3.05) is 7.05 Å². The lowest BCUT2D eigenvalue weighted by Gasteiger charge is -2.06. The number of benzene rings is 1. The monoisotopic (exact) mass is 229 g/mol. The highest BCUT2D eigenvalue weighted by Gasteiger charge is 2.11. The van der Waals surface area contributed by atoms with Crippen LogP contribution in [0.1, 0.15) is 17.0 Å². The summed E-state index contributed by atoms with van der Waals surface area (Å²) in [5, 5.41) is 3.18. The van der Waals surface area contributed by atoms with Crippen molar-refractivity contribution < 1.29 is 0 Å². The molecule has 2 aromatic rings. The fourth-order valence-electron chi connectivity index (χ4n) is 2.04. The molecule has 0 unspecified atom stereocenters. The van der Waals surface area contributed by atoms with Crippen LogP contribution < -0.4 is 5.32 Å². The van der Waals surface area contributed by atoms with Crippen LogP contribution in [0.5, 0.6) is 0 Å². The van der Waals surface area contributed by atoms with Gasteiger partial charge in [-0.15, -0.1) is 0 Å². The molecule has 0 atom stereocenters. The molecule has 0 bridgehead atoms. The Labute approximate surface area is 103 Å². The van der Waals surface area contributed by atoms with E-state index in [1.165, 1.54) is 16.8 Å². The Morgan fingerprint density at radius 3 is 2.41 bits per heavy atom. The average molecular weight is 229 g/mol. The van der Waals surface area contributed by atoms with Crippen LogP contribution >= 0.6 is 0 Å². The van der Waals surface area contributed by atoms with Crippen molar-refractivity contribution in [3.05, 3.63) is 41.2 Å². The molecular weight excluding hydrogens is 210 g/mol. The van der Waals surface area contributed by atoms with E-state index >= 15 is 0 Å². The first-order chi connectivity index (χ1) is 8.13. The number of rotatable bonds is 3. The highest BCUT2D eigenvalue weighted by atomic mass is 15.1. The Bertz CT molecular complexity index is 509. The fourth-order valence-corrected chi connectivity index (χ4v) is 2.04. The van der Waals surface area contributed by atoms with Gasteiger partial charge in [0.2, 0.25) is 0 Å². The second kappa shape index (κ2) is 4.72. The van der Waals surface area contributed by atoms with Crippen LogP contribution in [-0.4, -0.2) is 16.6 Å². The van der Waals surface area contributed by atoms with Crippen LogP contribution in [0.25, 0.3) is 11.4 Å². The molecule has 1 heterocycles. The van der Waals surface area contributed by atoms with Crippen LogP contribution in [0.2, 0.25) is 0 Å². The first kappa shape index (κ1) is 11.9. The van der Waals surface area contributed by atoms with Crippen molar-refractivity contribution in [3.63, 3.8) is 0 Å². The quantitative estimate of drug-likeness (QED) is 0.876. The summed E-state index contributed by atoms with van der Waals surface area (Å²) >= 11 is 0. The van der Waals surface area contributed by atoms with E-state index in [0.717, 1.165) is 18.1 Å². The van der Waals surface area contributed by atoms with Crippen molar-refractivity contribution >= 4 is 0 Å². The maximum Gasteiger partial charge on any atom is 0.140 e. The SMILES string of the molecule is CNCc1c(C)nc(-c2ccc(C)cc2)n1C. The predicted octanol–water partition coefficient (Wildman–Crippen LogP) is 2.42. The highest BCUT2D eigenvalue weighted by Crippen LogP contribution is 2.21. The zero-order valence-electron chi connectivity index (χ0n) is 10.9. The first-order valence-corrected chi connectivity index (χ1v) is 5.87. The average Bonchev–Trinajstić information content (AvgIpc) is 2.59. The molecule has 3 nitrogen and oxygen atoms in total. The van der Waals surface area contributed by atoms with Crippen molar-refractivity contribution in [2.24, 2.45) is 7.05 Å². The van der Waals surface area contributed by atoms with Gasteiger partial charge in [0, 0.05) is 19.2 Å². The summed E-state index contributed by atoms with van der Waals surface area (Å²) < 4.78 is 2.16. The third-order valence-corrected chi connectivity index (χ3v) is 3.07. The normalized spacial score (nSPS) is 10.8. The molecule has 0 aliphatic carbocycles. The van der Waals surface area contributed by atoms with Gasteiger partial charge >= 0.3 is 0 Å². The largest absolute Gasteiger partial charge is 0.330 e. The van der Waals surface area contributed by atoms with Gasteiger partial charge in [-0.3, -0.25) is 0 Å². The molecule has 0 radical (unpaired) electrons.